The van der Waals surface area contributed by atoms with Crippen LogP contribution in [-0.2, 0) is 6.18 Å². The van der Waals surface area contributed by atoms with Crippen molar-refractivity contribution < 1.29 is 22.4 Å². The minimum Gasteiger partial charge on any atom is -0.444 e. The van der Waals surface area contributed by atoms with Crippen LogP contribution in [0.2, 0.25) is 5.15 Å². The number of carbonyl (C=O) groups is 1. The molecule has 0 spiro atoms. The molecule has 0 bridgehead atoms. The topological polar surface area (TPSA) is 68.0 Å². The van der Waals surface area contributed by atoms with Gasteiger partial charge in [-0.3, -0.25) is 4.79 Å². The number of hydrogen-bond acceptors (Lipinski definition) is 4. The summed E-state index contributed by atoms with van der Waals surface area (Å²) in [6.45, 7) is 0. The van der Waals surface area contributed by atoms with Gasteiger partial charge in [0.05, 0.1) is 5.56 Å². The summed E-state index contributed by atoms with van der Waals surface area (Å²) in [5.74, 6) is -0.518. The second kappa shape index (κ2) is 6.56. The molecular formula is C16H9ClF3N3O2. The molecule has 3 rings (SSSR count). The summed E-state index contributed by atoms with van der Waals surface area (Å²) in [5, 5.41) is 2.77. The molecule has 0 fully saturated rings. The lowest BCUT2D eigenvalue weighted by atomic mass is 10.1. The molecule has 0 saturated heterocycles. The largest absolute Gasteiger partial charge is 0.444 e. The molecule has 25 heavy (non-hydrogen) atoms. The van der Waals surface area contributed by atoms with Crippen molar-refractivity contribution in [3.8, 4) is 11.5 Å². The molecule has 2 heterocycles. The molecule has 0 aliphatic carbocycles. The molecule has 1 N–H and O–H groups in total. The molecule has 1 aromatic carbocycles. The van der Waals surface area contributed by atoms with E-state index in [1.165, 1.54) is 24.4 Å². The third-order valence-electron chi connectivity index (χ3n) is 3.18. The van der Waals surface area contributed by atoms with Crippen LogP contribution >= 0.6 is 11.6 Å². The van der Waals surface area contributed by atoms with Gasteiger partial charge in [-0.2, -0.15) is 13.2 Å². The van der Waals surface area contributed by atoms with Crippen molar-refractivity contribution in [3.63, 3.8) is 0 Å². The molecule has 3 aromatic rings. The maximum absolute atomic E-state index is 12.6. The molecule has 0 aliphatic rings. The van der Waals surface area contributed by atoms with E-state index >= 15 is 0 Å². The summed E-state index contributed by atoms with van der Waals surface area (Å²) < 4.78 is 42.9. The van der Waals surface area contributed by atoms with Crippen molar-refractivity contribution in [2.24, 2.45) is 0 Å². The van der Waals surface area contributed by atoms with Gasteiger partial charge in [0.2, 0.25) is 5.89 Å². The van der Waals surface area contributed by atoms with E-state index in [1.807, 2.05) is 0 Å². The summed E-state index contributed by atoms with van der Waals surface area (Å²) in [6, 6.07) is 7.27. The molecule has 9 heteroatoms. The van der Waals surface area contributed by atoms with Crippen LogP contribution in [0.3, 0.4) is 0 Å². The van der Waals surface area contributed by atoms with Gasteiger partial charge in [0.1, 0.15) is 11.4 Å². The van der Waals surface area contributed by atoms with Gasteiger partial charge in [0, 0.05) is 17.4 Å². The number of benzene rings is 1. The summed E-state index contributed by atoms with van der Waals surface area (Å²) in [6.07, 6.45) is -1.88. The SMILES string of the molecule is O=C(Nc1ccnc(Cl)c1)c1coc(-c2ccc(C(F)(F)F)cc2)n1. The van der Waals surface area contributed by atoms with E-state index in [0.717, 1.165) is 18.4 Å². The van der Waals surface area contributed by atoms with Gasteiger partial charge in [-0.1, -0.05) is 11.6 Å². The fraction of sp³-hybridized carbons (Fsp3) is 0.0625. The first-order valence-corrected chi connectivity index (χ1v) is 7.27. The number of carbonyl (C=O) groups excluding carboxylic acids is 1. The fourth-order valence-corrected chi connectivity index (χ4v) is 2.16. The number of rotatable bonds is 3. The Morgan fingerprint density at radius 2 is 1.88 bits per heavy atom. The molecular weight excluding hydrogens is 359 g/mol. The normalized spacial score (nSPS) is 11.4. The van der Waals surface area contributed by atoms with Gasteiger partial charge in [0.25, 0.3) is 5.91 Å². The number of hydrogen-bond donors (Lipinski definition) is 1. The molecule has 0 unspecified atom stereocenters. The van der Waals surface area contributed by atoms with Crippen LogP contribution in [0.1, 0.15) is 16.1 Å². The Labute approximate surface area is 144 Å². The Balaban J connectivity index is 1.76. The fourth-order valence-electron chi connectivity index (χ4n) is 1.99. The third kappa shape index (κ3) is 3.97. The molecule has 0 atom stereocenters. The van der Waals surface area contributed by atoms with Gasteiger partial charge in [-0.25, -0.2) is 9.97 Å². The Kier molecular flexibility index (Phi) is 4.45. The van der Waals surface area contributed by atoms with E-state index in [9.17, 15) is 18.0 Å². The van der Waals surface area contributed by atoms with Gasteiger partial charge >= 0.3 is 6.18 Å². The Bertz CT molecular complexity index is 907. The standard InChI is InChI=1S/C16H9ClF3N3O2/c17-13-7-11(5-6-21-13)22-14(24)12-8-25-15(23-12)9-1-3-10(4-2-9)16(18,19)20/h1-8H,(H,21,22,24). The molecule has 5 nitrogen and oxygen atoms in total. The lowest BCUT2D eigenvalue weighted by Gasteiger charge is -2.06. The van der Waals surface area contributed by atoms with Crippen molar-refractivity contribution in [3.05, 3.63) is 65.3 Å². The highest BCUT2D eigenvalue weighted by atomic mass is 35.5. The van der Waals surface area contributed by atoms with E-state index in [1.54, 1.807) is 6.07 Å². The van der Waals surface area contributed by atoms with E-state index in [2.05, 4.69) is 15.3 Å². The van der Waals surface area contributed by atoms with Gasteiger partial charge in [0.15, 0.2) is 5.69 Å². The van der Waals surface area contributed by atoms with Crippen LogP contribution < -0.4 is 5.32 Å². The van der Waals surface area contributed by atoms with Crippen LogP contribution in [0.5, 0.6) is 0 Å². The summed E-state index contributed by atoms with van der Waals surface area (Å²) in [7, 11) is 0. The quantitative estimate of drug-likeness (QED) is 0.683. The molecule has 0 saturated carbocycles. The van der Waals surface area contributed by atoms with Crippen LogP contribution in [0.15, 0.2) is 53.3 Å². The number of nitrogens with zero attached hydrogens (tertiary/aromatic N) is 2. The maximum atomic E-state index is 12.6. The van der Waals surface area contributed by atoms with Crippen molar-refractivity contribution in [1.29, 1.82) is 0 Å². The van der Waals surface area contributed by atoms with Gasteiger partial charge < -0.3 is 9.73 Å². The first kappa shape index (κ1) is 17.0. The van der Waals surface area contributed by atoms with Crippen LogP contribution in [0.25, 0.3) is 11.5 Å². The van der Waals surface area contributed by atoms with Gasteiger partial charge in [-0.05, 0) is 36.4 Å². The zero-order valence-electron chi connectivity index (χ0n) is 12.3. The predicted molar refractivity (Wildman–Crippen MR) is 84.1 cm³/mol. The number of anilines is 1. The lowest BCUT2D eigenvalue weighted by molar-refractivity contribution is -0.137. The van der Waals surface area contributed by atoms with E-state index in [4.69, 9.17) is 16.0 Å². The molecule has 1 amide bonds. The van der Waals surface area contributed by atoms with Crippen molar-refractivity contribution in [2.75, 3.05) is 5.32 Å². The second-order valence-corrected chi connectivity index (χ2v) is 5.32. The molecule has 2 aromatic heterocycles. The highest BCUT2D eigenvalue weighted by molar-refractivity contribution is 6.29. The first-order chi connectivity index (χ1) is 11.8. The van der Waals surface area contributed by atoms with Crippen LogP contribution in [0, 0.1) is 0 Å². The molecule has 128 valence electrons. The number of alkyl halides is 3. The molecule has 0 radical (unpaired) electrons. The summed E-state index contributed by atoms with van der Waals surface area (Å²) in [4.78, 5) is 19.9. The van der Waals surface area contributed by atoms with E-state index < -0.39 is 17.6 Å². The number of pyridine rings is 1. The minimum absolute atomic E-state index is 0.0252. The zero-order valence-corrected chi connectivity index (χ0v) is 13.1. The monoisotopic (exact) mass is 367 g/mol. The predicted octanol–water partition coefficient (Wildman–Crippen LogP) is 4.66. The maximum Gasteiger partial charge on any atom is 0.416 e. The summed E-state index contributed by atoms with van der Waals surface area (Å²) >= 11 is 5.73. The Morgan fingerprint density at radius 1 is 1.16 bits per heavy atom. The van der Waals surface area contributed by atoms with Crippen molar-refractivity contribution in [1.82, 2.24) is 9.97 Å². The average Bonchev–Trinajstić information content (AvgIpc) is 3.04. The highest BCUT2D eigenvalue weighted by Gasteiger charge is 2.30. The lowest BCUT2D eigenvalue weighted by Crippen LogP contribution is -2.12. The van der Waals surface area contributed by atoms with Crippen LogP contribution in [0.4, 0.5) is 18.9 Å². The number of nitrogens with one attached hydrogen (secondary N) is 1. The van der Waals surface area contributed by atoms with E-state index in [0.29, 0.717) is 11.3 Å². The van der Waals surface area contributed by atoms with E-state index in [-0.39, 0.29) is 16.7 Å². The number of aromatic nitrogens is 2. The first-order valence-electron chi connectivity index (χ1n) is 6.89. The molecule has 0 aliphatic heterocycles. The Morgan fingerprint density at radius 3 is 2.52 bits per heavy atom. The zero-order chi connectivity index (χ0) is 18.0. The third-order valence-corrected chi connectivity index (χ3v) is 3.39. The average molecular weight is 368 g/mol. The number of amides is 1. The van der Waals surface area contributed by atoms with Crippen LogP contribution in [-0.4, -0.2) is 15.9 Å². The number of halogens is 4. The minimum atomic E-state index is -4.42. The van der Waals surface area contributed by atoms with Gasteiger partial charge in [-0.15, -0.1) is 0 Å². The van der Waals surface area contributed by atoms with Crippen molar-refractivity contribution >= 4 is 23.2 Å². The Hall–Kier alpha value is -2.87. The second-order valence-electron chi connectivity index (χ2n) is 4.93. The smallest absolute Gasteiger partial charge is 0.416 e. The summed E-state index contributed by atoms with van der Waals surface area (Å²) in [5.41, 5.74) is -0.0683. The number of oxazole rings is 1. The highest BCUT2D eigenvalue weighted by Crippen LogP contribution is 2.30. The van der Waals surface area contributed by atoms with Crippen molar-refractivity contribution in [2.45, 2.75) is 6.18 Å².